The smallest absolute Gasteiger partial charge is 0.255 e. The number of amides is 1. The molecule has 1 amide bonds. The molecule has 1 aliphatic rings. The molecule has 1 heterocycles. The van der Waals surface area contributed by atoms with Crippen LogP contribution in [0.25, 0.3) is 0 Å². The maximum atomic E-state index is 12.4. The number of anilines is 2. The van der Waals surface area contributed by atoms with E-state index in [1.165, 1.54) is 4.31 Å². The van der Waals surface area contributed by atoms with E-state index in [0.29, 0.717) is 24.2 Å². The van der Waals surface area contributed by atoms with Crippen molar-refractivity contribution < 1.29 is 13.2 Å². The second kappa shape index (κ2) is 6.88. The Morgan fingerprint density at radius 3 is 2.56 bits per heavy atom. The van der Waals surface area contributed by atoms with Crippen LogP contribution in [-0.2, 0) is 10.0 Å². The van der Waals surface area contributed by atoms with Gasteiger partial charge in [-0.25, -0.2) is 8.42 Å². The number of hydrogen-bond acceptors (Lipinski definition) is 3. The number of hydrogen-bond donors (Lipinski definition) is 1. The number of benzene rings is 2. The predicted octanol–water partition coefficient (Wildman–Crippen LogP) is 3.49. The van der Waals surface area contributed by atoms with Crippen LogP contribution >= 0.6 is 0 Å². The van der Waals surface area contributed by atoms with Crippen molar-refractivity contribution in [2.75, 3.05) is 21.9 Å². The van der Waals surface area contributed by atoms with Crippen molar-refractivity contribution in [2.24, 2.45) is 0 Å². The molecule has 0 bridgehead atoms. The van der Waals surface area contributed by atoms with Crippen molar-refractivity contribution in [3.8, 4) is 0 Å². The Bertz CT molecular complexity index is 907. The maximum Gasteiger partial charge on any atom is 0.255 e. The minimum Gasteiger partial charge on any atom is -0.322 e. The van der Waals surface area contributed by atoms with Gasteiger partial charge in [0.2, 0.25) is 10.0 Å². The zero-order valence-electron chi connectivity index (χ0n) is 14.5. The first-order valence-corrected chi connectivity index (χ1v) is 9.97. The van der Waals surface area contributed by atoms with Crippen LogP contribution in [0.3, 0.4) is 0 Å². The second-order valence-corrected chi connectivity index (χ2v) is 8.43. The molecule has 0 radical (unpaired) electrons. The Labute approximate surface area is 148 Å². The van der Waals surface area contributed by atoms with Crippen molar-refractivity contribution >= 4 is 27.3 Å². The number of carbonyl (C=O) groups excluding carboxylic acids is 1. The van der Waals surface area contributed by atoms with Crippen LogP contribution in [0.5, 0.6) is 0 Å². The third kappa shape index (κ3) is 3.85. The minimum atomic E-state index is -3.25. The molecule has 25 heavy (non-hydrogen) atoms. The van der Waals surface area contributed by atoms with Gasteiger partial charge in [0.25, 0.3) is 5.91 Å². The summed E-state index contributed by atoms with van der Waals surface area (Å²) in [6, 6.07) is 12.7. The third-order valence-corrected chi connectivity index (χ3v) is 6.21. The summed E-state index contributed by atoms with van der Waals surface area (Å²) in [5, 5.41) is 2.87. The monoisotopic (exact) mass is 358 g/mol. The summed E-state index contributed by atoms with van der Waals surface area (Å²) in [6.45, 7) is 4.30. The fourth-order valence-corrected chi connectivity index (χ4v) is 4.76. The fraction of sp³-hybridized carbons (Fsp3) is 0.316. The largest absolute Gasteiger partial charge is 0.322 e. The Kier molecular flexibility index (Phi) is 4.81. The second-order valence-electron chi connectivity index (χ2n) is 6.42. The molecule has 0 saturated carbocycles. The summed E-state index contributed by atoms with van der Waals surface area (Å²) in [5.74, 6) is -0.0241. The Morgan fingerprint density at radius 2 is 1.88 bits per heavy atom. The van der Waals surface area contributed by atoms with Gasteiger partial charge in [0.1, 0.15) is 0 Å². The Balaban J connectivity index is 1.83. The van der Waals surface area contributed by atoms with Crippen molar-refractivity contribution in [2.45, 2.75) is 26.7 Å². The van der Waals surface area contributed by atoms with Crippen molar-refractivity contribution in [3.05, 3.63) is 59.2 Å². The third-order valence-electron chi connectivity index (χ3n) is 4.35. The lowest BCUT2D eigenvalue weighted by Gasteiger charge is -2.29. The zero-order valence-corrected chi connectivity index (χ0v) is 15.3. The summed E-state index contributed by atoms with van der Waals surface area (Å²) in [7, 11) is -3.25. The van der Waals surface area contributed by atoms with Gasteiger partial charge < -0.3 is 5.32 Å². The first-order valence-electron chi connectivity index (χ1n) is 8.36. The number of rotatable bonds is 3. The molecular weight excluding hydrogens is 336 g/mol. The van der Waals surface area contributed by atoms with E-state index >= 15 is 0 Å². The van der Waals surface area contributed by atoms with Crippen molar-refractivity contribution in [3.63, 3.8) is 0 Å². The summed E-state index contributed by atoms with van der Waals surface area (Å²) in [5.41, 5.74) is 3.76. The SMILES string of the molecule is Cc1cccc(NC(=O)c2ccc(N3CCCCS3(=O)=O)c(C)c2)c1. The minimum absolute atomic E-state index is 0.183. The van der Waals surface area contributed by atoms with Gasteiger partial charge >= 0.3 is 0 Å². The van der Waals surface area contributed by atoms with Gasteiger partial charge in [-0.3, -0.25) is 9.10 Å². The van der Waals surface area contributed by atoms with Crippen molar-refractivity contribution in [1.29, 1.82) is 0 Å². The lowest BCUT2D eigenvalue weighted by atomic mass is 10.1. The average molecular weight is 358 g/mol. The molecule has 6 heteroatoms. The quantitative estimate of drug-likeness (QED) is 0.913. The summed E-state index contributed by atoms with van der Waals surface area (Å²) in [6.07, 6.45) is 1.56. The molecule has 2 aromatic carbocycles. The van der Waals surface area contributed by atoms with Gasteiger partial charge in [-0.1, -0.05) is 12.1 Å². The number of nitrogens with one attached hydrogen (secondary N) is 1. The maximum absolute atomic E-state index is 12.4. The number of aryl methyl sites for hydroxylation is 2. The van der Waals surface area contributed by atoms with E-state index in [1.54, 1.807) is 18.2 Å². The first-order chi connectivity index (χ1) is 11.9. The van der Waals surface area contributed by atoms with Gasteiger partial charge in [-0.05, 0) is 68.1 Å². The Hall–Kier alpha value is -2.34. The van der Waals surface area contributed by atoms with E-state index in [4.69, 9.17) is 0 Å². The highest BCUT2D eigenvalue weighted by Crippen LogP contribution is 2.27. The number of carbonyl (C=O) groups is 1. The summed E-state index contributed by atoms with van der Waals surface area (Å²) >= 11 is 0. The molecule has 1 aliphatic heterocycles. The molecule has 0 atom stereocenters. The highest BCUT2D eigenvalue weighted by Gasteiger charge is 2.27. The van der Waals surface area contributed by atoms with E-state index in [9.17, 15) is 13.2 Å². The standard InChI is InChI=1S/C19H22N2O3S/c1-14-6-5-7-17(12-14)20-19(22)16-8-9-18(15(2)13-16)21-10-3-4-11-25(21,23)24/h5-9,12-13H,3-4,10-11H2,1-2H3,(H,20,22). The molecule has 0 spiro atoms. The van der Waals surface area contributed by atoms with Crippen LogP contribution in [-0.4, -0.2) is 26.6 Å². The van der Waals surface area contributed by atoms with Gasteiger partial charge in [-0.15, -0.1) is 0 Å². The van der Waals surface area contributed by atoms with Crippen LogP contribution in [0.2, 0.25) is 0 Å². The number of sulfonamides is 1. The molecule has 132 valence electrons. The van der Waals surface area contributed by atoms with E-state index in [0.717, 1.165) is 23.2 Å². The molecule has 0 aromatic heterocycles. The van der Waals surface area contributed by atoms with Crippen LogP contribution in [0.1, 0.15) is 34.3 Å². The number of nitrogens with zero attached hydrogens (tertiary/aromatic N) is 1. The van der Waals surface area contributed by atoms with E-state index in [1.807, 2.05) is 38.1 Å². The van der Waals surface area contributed by atoms with Crippen LogP contribution in [0.4, 0.5) is 11.4 Å². The molecule has 2 aromatic rings. The molecular formula is C19H22N2O3S. The zero-order chi connectivity index (χ0) is 18.0. The normalized spacial score (nSPS) is 16.5. The lowest BCUT2D eigenvalue weighted by molar-refractivity contribution is 0.102. The van der Waals surface area contributed by atoms with E-state index in [-0.39, 0.29) is 11.7 Å². The van der Waals surface area contributed by atoms with Crippen LogP contribution < -0.4 is 9.62 Å². The highest BCUT2D eigenvalue weighted by molar-refractivity contribution is 7.92. The Morgan fingerprint density at radius 1 is 1.08 bits per heavy atom. The van der Waals surface area contributed by atoms with E-state index < -0.39 is 10.0 Å². The van der Waals surface area contributed by atoms with Gasteiger partial charge in [-0.2, -0.15) is 0 Å². The van der Waals surface area contributed by atoms with Crippen LogP contribution in [0.15, 0.2) is 42.5 Å². The first kappa shape index (κ1) is 17.5. The average Bonchev–Trinajstić information content (AvgIpc) is 2.55. The molecule has 1 fully saturated rings. The topological polar surface area (TPSA) is 66.5 Å². The van der Waals surface area contributed by atoms with Gasteiger partial charge in [0.05, 0.1) is 11.4 Å². The van der Waals surface area contributed by atoms with Crippen LogP contribution in [0, 0.1) is 13.8 Å². The molecule has 0 unspecified atom stereocenters. The van der Waals surface area contributed by atoms with Crippen molar-refractivity contribution in [1.82, 2.24) is 0 Å². The fourth-order valence-electron chi connectivity index (χ4n) is 3.06. The lowest BCUT2D eigenvalue weighted by Crippen LogP contribution is -2.38. The van der Waals surface area contributed by atoms with Gasteiger partial charge in [0.15, 0.2) is 0 Å². The summed E-state index contributed by atoms with van der Waals surface area (Å²) < 4.78 is 26.0. The predicted molar refractivity (Wildman–Crippen MR) is 101 cm³/mol. The van der Waals surface area contributed by atoms with Gasteiger partial charge in [0, 0.05) is 17.8 Å². The molecule has 1 N–H and O–H groups in total. The molecule has 0 aliphatic carbocycles. The highest BCUT2D eigenvalue weighted by atomic mass is 32.2. The molecule has 5 nitrogen and oxygen atoms in total. The molecule has 1 saturated heterocycles. The molecule has 3 rings (SSSR count). The summed E-state index contributed by atoms with van der Waals surface area (Å²) in [4.78, 5) is 12.4. The van der Waals surface area contributed by atoms with E-state index in [2.05, 4.69) is 5.32 Å².